The molecule has 1 N–H and O–H groups in total. The monoisotopic (exact) mass is 357 g/mol. The first-order chi connectivity index (χ1) is 12.5. The number of carbonyl (C=O) groups is 2. The number of nitrogens with one attached hydrogen (secondary N) is 1. The zero-order valence-corrected chi connectivity index (χ0v) is 15.2. The number of aryl methyl sites for hydroxylation is 1. The van der Waals surface area contributed by atoms with Crippen molar-refractivity contribution in [2.45, 2.75) is 25.4 Å². The van der Waals surface area contributed by atoms with Crippen molar-refractivity contribution in [1.29, 1.82) is 0 Å². The molecular formula is C18H23N5O3. The second kappa shape index (κ2) is 7.55. The Hall–Kier alpha value is -2.90. The molecule has 1 aliphatic heterocycles. The predicted octanol–water partition coefficient (Wildman–Crippen LogP) is 1.05. The van der Waals surface area contributed by atoms with Crippen LogP contribution in [0.3, 0.4) is 0 Å². The quantitative estimate of drug-likeness (QED) is 0.864. The second-order valence-electron chi connectivity index (χ2n) is 6.36. The average Bonchev–Trinajstić information content (AvgIpc) is 3.07. The van der Waals surface area contributed by atoms with Crippen molar-refractivity contribution in [2.75, 3.05) is 14.2 Å². The summed E-state index contributed by atoms with van der Waals surface area (Å²) in [5.41, 5.74) is 0.664. The molecule has 2 atom stereocenters. The Kier molecular flexibility index (Phi) is 5.20. The second-order valence-corrected chi connectivity index (χ2v) is 6.36. The van der Waals surface area contributed by atoms with Crippen LogP contribution in [0.2, 0.25) is 0 Å². The molecule has 1 aliphatic rings. The number of nitrogens with zero attached hydrogens (tertiary/aromatic N) is 4. The molecule has 0 unspecified atom stereocenters. The van der Waals surface area contributed by atoms with Gasteiger partial charge in [0.25, 0.3) is 0 Å². The average molecular weight is 357 g/mol. The van der Waals surface area contributed by atoms with E-state index in [2.05, 4.69) is 15.3 Å². The Morgan fingerprint density at radius 1 is 1.35 bits per heavy atom. The Bertz CT molecular complexity index is 804. The largest absolute Gasteiger partial charge is 0.495 e. The van der Waals surface area contributed by atoms with Gasteiger partial charge >= 0.3 is 0 Å². The first kappa shape index (κ1) is 17.9. The molecule has 1 fully saturated rings. The molecule has 138 valence electrons. The number of carbonyl (C=O) groups excluding carboxylic acids is 2. The first-order valence-electron chi connectivity index (χ1n) is 8.51. The van der Waals surface area contributed by atoms with E-state index in [1.807, 2.05) is 17.8 Å². The van der Waals surface area contributed by atoms with E-state index in [9.17, 15) is 9.59 Å². The molecule has 0 bridgehead atoms. The number of amides is 2. The van der Waals surface area contributed by atoms with Crippen LogP contribution in [0.4, 0.5) is 0 Å². The number of rotatable bonds is 5. The number of aromatic nitrogens is 3. The molecule has 0 radical (unpaired) electrons. The fourth-order valence-electron chi connectivity index (χ4n) is 3.37. The minimum Gasteiger partial charge on any atom is -0.495 e. The van der Waals surface area contributed by atoms with Gasteiger partial charge in [-0.25, -0.2) is 4.98 Å². The van der Waals surface area contributed by atoms with Crippen LogP contribution < -0.4 is 10.1 Å². The number of methoxy groups -OCH3 is 1. The van der Waals surface area contributed by atoms with E-state index in [-0.39, 0.29) is 30.3 Å². The molecule has 0 aromatic carbocycles. The van der Waals surface area contributed by atoms with Crippen molar-refractivity contribution in [3.63, 3.8) is 0 Å². The van der Waals surface area contributed by atoms with Crippen molar-refractivity contribution in [3.8, 4) is 5.75 Å². The van der Waals surface area contributed by atoms with E-state index in [1.165, 1.54) is 0 Å². The van der Waals surface area contributed by atoms with Gasteiger partial charge in [0.15, 0.2) is 0 Å². The van der Waals surface area contributed by atoms with Crippen molar-refractivity contribution >= 4 is 11.8 Å². The number of likely N-dealkylation sites (tertiary alicyclic amines) is 1. The van der Waals surface area contributed by atoms with E-state index in [4.69, 9.17) is 4.74 Å². The van der Waals surface area contributed by atoms with Crippen LogP contribution in [-0.4, -0.2) is 45.4 Å². The molecule has 2 amide bonds. The number of hydrogen-bond acceptors (Lipinski definition) is 5. The lowest BCUT2D eigenvalue weighted by Crippen LogP contribution is -2.47. The van der Waals surface area contributed by atoms with Crippen LogP contribution in [0.25, 0.3) is 0 Å². The summed E-state index contributed by atoms with van der Waals surface area (Å²) in [5, 5.41) is 2.93. The van der Waals surface area contributed by atoms with Gasteiger partial charge < -0.3 is 19.5 Å². The Morgan fingerprint density at radius 2 is 2.15 bits per heavy atom. The number of piperidine rings is 1. The number of pyridine rings is 1. The standard InChI is InChI=1S/C18H23N5O3/c1-22-10-9-20-17(22)16-12(6-7-15(24)23(16)2)18(25)21-11-13-14(26-3)5-4-8-19-13/h4-5,8-10,12,16H,6-7,11H2,1-3H3,(H,21,25)/t12-,16-/m0/s1. The summed E-state index contributed by atoms with van der Waals surface area (Å²) < 4.78 is 7.12. The van der Waals surface area contributed by atoms with E-state index >= 15 is 0 Å². The highest BCUT2D eigenvalue weighted by Crippen LogP contribution is 2.35. The number of ether oxygens (including phenoxy) is 1. The minimum absolute atomic E-state index is 0.0217. The molecule has 3 heterocycles. The summed E-state index contributed by atoms with van der Waals surface area (Å²) >= 11 is 0. The van der Waals surface area contributed by atoms with Gasteiger partial charge in [-0.05, 0) is 18.6 Å². The van der Waals surface area contributed by atoms with Crippen molar-refractivity contribution < 1.29 is 14.3 Å². The lowest BCUT2D eigenvalue weighted by Gasteiger charge is -2.37. The van der Waals surface area contributed by atoms with E-state index in [0.29, 0.717) is 30.1 Å². The lowest BCUT2D eigenvalue weighted by molar-refractivity contribution is -0.142. The van der Waals surface area contributed by atoms with Gasteiger partial charge in [-0.15, -0.1) is 0 Å². The van der Waals surface area contributed by atoms with Gasteiger partial charge in [-0.3, -0.25) is 14.6 Å². The van der Waals surface area contributed by atoms with Crippen molar-refractivity contribution in [1.82, 2.24) is 24.8 Å². The third-order valence-electron chi connectivity index (χ3n) is 4.82. The Labute approximate surface area is 152 Å². The normalized spacial score (nSPS) is 20.1. The lowest BCUT2D eigenvalue weighted by atomic mass is 9.87. The number of imidazole rings is 1. The fraction of sp³-hybridized carbons (Fsp3) is 0.444. The highest BCUT2D eigenvalue weighted by atomic mass is 16.5. The van der Waals surface area contributed by atoms with Gasteiger partial charge in [0.1, 0.15) is 23.3 Å². The minimum atomic E-state index is -0.387. The van der Waals surface area contributed by atoms with E-state index in [0.717, 1.165) is 0 Å². The van der Waals surface area contributed by atoms with E-state index in [1.54, 1.807) is 43.6 Å². The highest BCUT2D eigenvalue weighted by molar-refractivity contribution is 5.84. The van der Waals surface area contributed by atoms with Gasteiger partial charge in [-0.1, -0.05) is 0 Å². The maximum atomic E-state index is 12.9. The summed E-state index contributed by atoms with van der Waals surface area (Å²) in [4.78, 5) is 35.3. The summed E-state index contributed by atoms with van der Waals surface area (Å²) in [6.45, 7) is 0.268. The molecule has 8 heteroatoms. The predicted molar refractivity (Wildman–Crippen MR) is 94.1 cm³/mol. The molecular weight excluding hydrogens is 334 g/mol. The van der Waals surface area contributed by atoms with Gasteiger partial charge in [0.05, 0.1) is 19.6 Å². The van der Waals surface area contributed by atoms with Crippen LogP contribution >= 0.6 is 0 Å². The molecule has 1 saturated heterocycles. The van der Waals surface area contributed by atoms with E-state index < -0.39 is 0 Å². The maximum Gasteiger partial charge on any atom is 0.226 e. The molecule has 2 aromatic rings. The zero-order chi connectivity index (χ0) is 18.7. The van der Waals surface area contributed by atoms with Crippen LogP contribution in [-0.2, 0) is 23.2 Å². The van der Waals surface area contributed by atoms with Crippen molar-refractivity contribution in [2.24, 2.45) is 13.0 Å². The van der Waals surface area contributed by atoms with Gasteiger partial charge in [-0.2, -0.15) is 0 Å². The fourth-order valence-corrected chi connectivity index (χ4v) is 3.37. The van der Waals surface area contributed by atoms with Crippen LogP contribution in [0.1, 0.15) is 30.4 Å². The molecule has 2 aromatic heterocycles. The molecule has 3 rings (SSSR count). The first-order valence-corrected chi connectivity index (χ1v) is 8.51. The third-order valence-corrected chi connectivity index (χ3v) is 4.82. The smallest absolute Gasteiger partial charge is 0.226 e. The zero-order valence-electron chi connectivity index (χ0n) is 15.2. The van der Waals surface area contributed by atoms with Crippen molar-refractivity contribution in [3.05, 3.63) is 42.2 Å². The summed E-state index contributed by atoms with van der Waals surface area (Å²) in [7, 11) is 5.16. The summed E-state index contributed by atoms with van der Waals surface area (Å²) in [5.74, 6) is 0.868. The van der Waals surface area contributed by atoms with Crippen LogP contribution in [0, 0.1) is 5.92 Å². The SMILES string of the molecule is COc1cccnc1CNC(=O)[C@H]1CCC(=O)N(C)[C@@H]1c1nccn1C. The van der Waals surface area contributed by atoms with Crippen LogP contribution in [0.15, 0.2) is 30.7 Å². The Balaban J connectivity index is 1.78. The highest BCUT2D eigenvalue weighted by Gasteiger charge is 2.40. The van der Waals surface area contributed by atoms with Gasteiger partial charge in [0, 0.05) is 39.1 Å². The van der Waals surface area contributed by atoms with Gasteiger partial charge in [0.2, 0.25) is 11.8 Å². The molecule has 26 heavy (non-hydrogen) atoms. The molecule has 0 saturated carbocycles. The topological polar surface area (TPSA) is 89.3 Å². The summed E-state index contributed by atoms with van der Waals surface area (Å²) in [6, 6.07) is 3.20. The maximum absolute atomic E-state index is 12.9. The molecule has 8 nitrogen and oxygen atoms in total. The number of hydrogen-bond donors (Lipinski definition) is 1. The molecule has 0 spiro atoms. The van der Waals surface area contributed by atoms with Crippen LogP contribution in [0.5, 0.6) is 5.75 Å². The third kappa shape index (κ3) is 3.40. The molecule has 0 aliphatic carbocycles. The summed E-state index contributed by atoms with van der Waals surface area (Å²) in [6.07, 6.45) is 5.99. The Morgan fingerprint density at radius 3 is 2.85 bits per heavy atom.